The highest BCUT2D eigenvalue weighted by molar-refractivity contribution is 5.68. The molecule has 100 valence electrons. The van der Waals surface area contributed by atoms with E-state index in [1.54, 1.807) is 0 Å². The average Bonchev–Trinajstić information content (AvgIpc) is 2.98. The van der Waals surface area contributed by atoms with Crippen molar-refractivity contribution >= 4 is 0 Å². The molecule has 0 saturated heterocycles. The molecule has 2 aromatic carbocycles. The van der Waals surface area contributed by atoms with Gasteiger partial charge in [0.25, 0.3) is 0 Å². The first kappa shape index (κ1) is 12.7. The van der Waals surface area contributed by atoms with Gasteiger partial charge in [0.2, 0.25) is 0 Å². The van der Waals surface area contributed by atoms with Crippen LogP contribution >= 0.6 is 0 Å². The molecular formula is C18H18N2. The first-order chi connectivity index (χ1) is 9.74. The van der Waals surface area contributed by atoms with Gasteiger partial charge in [-0.1, -0.05) is 62.4 Å². The summed E-state index contributed by atoms with van der Waals surface area (Å²) in [5.74, 6) is 0.530. The Kier molecular flexibility index (Phi) is 3.38. The third kappa shape index (κ3) is 2.50. The maximum atomic E-state index is 4.44. The molecule has 2 nitrogen and oxygen atoms in total. The van der Waals surface area contributed by atoms with Crippen molar-refractivity contribution in [1.82, 2.24) is 10.2 Å². The van der Waals surface area contributed by atoms with Crippen LogP contribution < -0.4 is 0 Å². The summed E-state index contributed by atoms with van der Waals surface area (Å²) in [6.45, 7) is 4.41. The van der Waals surface area contributed by atoms with Gasteiger partial charge in [-0.25, -0.2) is 0 Å². The van der Waals surface area contributed by atoms with Gasteiger partial charge in [0.05, 0.1) is 11.4 Å². The second-order valence-electron chi connectivity index (χ2n) is 5.31. The van der Waals surface area contributed by atoms with Crippen molar-refractivity contribution in [2.45, 2.75) is 19.8 Å². The Bertz CT molecular complexity index is 696. The van der Waals surface area contributed by atoms with Gasteiger partial charge >= 0.3 is 0 Å². The van der Waals surface area contributed by atoms with Crippen molar-refractivity contribution in [1.29, 1.82) is 0 Å². The van der Waals surface area contributed by atoms with Crippen molar-refractivity contribution < 1.29 is 0 Å². The van der Waals surface area contributed by atoms with Crippen LogP contribution in [0, 0.1) is 0 Å². The fourth-order valence-electron chi connectivity index (χ4n) is 2.29. The van der Waals surface area contributed by atoms with Gasteiger partial charge in [-0.2, -0.15) is 5.10 Å². The van der Waals surface area contributed by atoms with Crippen molar-refractivity contribution in [3.05, 3.63) is 66.2 Å². The third-order valence-electron chi connectivity index (χ3n) is 3.51. The molecule has 0 unspecified atom stereocenters. The Morgan fingerprint density at radius 2 is 1.60 bits per heavy atom. The summed E-state index contributed by atoms with van der Waals surface area (Å²) >= 11 is 0. The van der Waals surface area contributed by atoms with Gasteiger partial charge in [-0.3, -0.25) is 5.10 Å². The molecule has 2 heteroatoms. The molecule has 0 atom stereocenters. The first-order valence-electron chi connectivity index (χ1n) is 6.95. The molecule has 0 aliphatic rings. The predicted octanol–water partition coefficient (Wildman–Crippen LogP) is 4.87. The lowest BCUT2D eigenvalue weighted by molar-refractivity contribution is 0.867. The number of aromatic amines is 1. The molecule has 1 heterocycles. The molecule has 3 rings (SSSR count). The van der Waals surface area contributed by atoms with E-state index in [2.05, 4.69) is 66.5 Å². The molecule has 1 aromatic heterocycles. The van der Waals surface area contributed by atoms with Gasteiger partial charge < -0.3 is 0 Å². The van der Waals surface area contributed by atoms with Crippen LogP contribution in [-0.2, 0) is 0 Å². The number of H-pyrrole nitrogens is 1. The summed E-state index contributed by atoms with van der Waals surface area (Å²) in [5.41, 5.74) is 5.70. The molecule has 0 spiro atoms. The summed E-state index contributed by atoms with van der Waals surface area (Å²) in [6, 6.07) is 21.0. The molecule has 0 amide bonds. The standard InChI is InChI=1S/C18H18N2/c1-13(2)15-9-6-10-16(11-15)18-12-17(19-20-18)14-7-4-3-5-8-14/h3-13H,1-2H3,(H,19,20). The SMILES string of the molecule is CC(C)c1cccc(-c2cc(-c3ccccc3)[nH]n2)c1. The Labute approximate surface area is 119 Å². The highest BCUT2D eigenvalue weighted by Gasteiger charge is 2.07. The molecule has 3 aromatic rings. The Hall–Kier alpha value is -2.35. The van der Waals surface area contributed by atoms with E-state index in [9.17, 15) is 0 Å². The zero-order valence-electron chi connectivity index (χ0n) is 11.8. The lowest BCUT2D eigenvalue weighted by Crippen LogP contribution is -1.87. The molecule has 0 radical (unpaired) electrons. The van der Waals surface area contributed by atoms with Crippen molar-refractivity contribution in [2.24, 2.45) is 0 Å². The van der Waals surface area contributed by atoms with Crippen molar-refractivity contribution in [2.75, 3.05) is 0 Å². The van der Waals surface area contributed by atoms with E-state index in [-0.39, 0.29) is 0 Å². The Balaban J connectivity index is 1.96. The lowest BCUT2D eigenvalue weighted by atomic mass is 9.99. The third-order valence-corrected chi connectivity index (χ3v) is 3.51. The maximum absolute atomic E-state index is 4.44. The first-order valence-corrected chi connectivity index (χ1v) is 6.95. The van der Waals surface area contributed by atoms with Gasteiger partial charge in [0.15, 0.2) is 0 Å². The van der Waals surface area contributed by atoms with Crippen LogP contribution in [0.5, 0.6) is 0 Å². The average molecular weight is 262 g/mol. The van der Waals surface area contributed by atoms with Crippen LogP contribution in [0.1, 0.15) is 25.3 Å². The van der Waals surface area contributed by atoms with Gasteiger partial charge in [-0.15, -0.1) is 0 Å². The van der Waals surface area contributed by atoms with E-state index in [1.807, 2.05) is 18.2 Å². The van der Waals surface area contributed by atoms with Crippen LogP contribution in [-0.4, -0.2) is 10.2 Å². The van der Waals surface area contributed by atoms with E-state index in [0.717, 1.165) is 22.5 Å². The molecule has 0 aliphatic heterocycles. The zero-order chi connectivity index (χ0) is 13.9. The largest absolute Gasteiger partial charge is 0.277 e. The summed E-state index contributed by atoms with van der Waals surface area (Å²) in [7, 11) is 0. The number of benzene rings is 2. The second-order valence-corrected chi connectivity index (χ2v) is 5.31. The van der Waals surface area contributed by atoms with Gasteiger partial charge in [0, 0.05) is 5.56 Å². The molecular weight excluding hydrogens is 244 g/mol. The highest BCUT2D eigenvalue weighted by atomic mass is 15.1. The topological polar surface area (TPSA) is 28.7 Å². The molecule has 0 aliphatic carbocycles. The molecule has 0 fully saturated rings. The van der Waals surface area contributed by atoms with Crippen LogP contribution in [0.25, 0.3) is 22.5 Å². The van der Waals surface area contributed by atoms with Crippen LogP contribution in [0.15, 0.2) is 60.7 Å². The monoisotopic (exact) mass is 262 g/mol. The minimum Gasteiger partial charge on any atom is -0.277 e. The smallest absolute Gasteiger partial charge is 0.0927 e. The van der Waals surface area contributed by atoms with Crippen LogP contribution in [0.4, 0.5) is 0 Å². The number of rotatable bonds is 3. The molecule has 20 heavy (non-hydrogen) atoms. The minimum absolute atomic E-state index is 0.530. The highest BCUT2D eigenvalue weighted by Crippen LogP contribution is 2.26. The lowest BCUT2D eigenvalue weighted by Gasteiger charge is -2.06. The number of hydrogen-bond acceptors (Lipinski definition) is 1. The molecule has 0 saturated carbocycles. The summed E-state index contributed by atoms with van der Waals surface area (Å²) in [4.78, 5) is 0. The van der Waals surface area contributed by atoms with E-state index in [1.165, 1.54) is 5.56 Å². The fourth-order valence-corrected chi connectivity index (χ4v) is 2.29. The Morgan fingerprint density at radius 3 is 2.35 bits per heavy atom. The summed E-state index contributed by atoms with van der Waals surface area (Å²) in [6.07, 6.45) is 0. The molecule has 0 bridgehead atoms. The van der Waals surface area contributed by atoms with E-state index in [4.69, 9.17) is 0 Å². The van der Waals surface area contributed by atoms with Crippen molar-refractivity contribution in [3.63, 3.8) is 0 Å². The maximum Gasteiger partial charge on any atom is 0.0927 e. The van der Waals surface area contributed by atoms with Gasteiger partial charge in [-0.05, 0) is 29.2 Å². The van der Waals surface area contributed by atoms with Gasteiger partial charge in [0.1, 0.15) is 0 Å². The number of nitrogens with one attached hydrogen (secondary N) is 1. The van der Waals surface area contributed by atoms with Crippen LogP contribution in [0.2, 0.25) is 0 Å². The van der Waals surface area contributed by atoms with E-state index in [0.29, 0.717) is 5.92 Å². The zero-order valence-corrected chi connectivity index (χ0v) is 11.8. The second kappa shape index (κ2) is 5.33. The minimum atomic E-state index is 0.530. The number of aromatic nitrogens is 2. The summed E-state index contributed by atoms with van der Waals surface area (Å²) in [5, 5.41) is 7.56. The number of nitrogens with zero attached hydrogens (tertiary/aromatic N) is 1. The number of hydrogen-bond donors (Lipinski definition) is 1. The summed E-state index contributed by atoms with van der Waals surface area (Å²) < 4.78 is 0. The van der Waals surface area contributed by atoms with Crippen LogP contribution in [0.3, 0.4) is 0 Å². The molecule has 1 N–H and O–H groups in total. The predicted molar refractivity (Wildman–Crippen MR) is 83.5 cm³/mol. The van der Waals surface area contributed by atoms with Crippen molar-refractivity contribution in [3.8, 4) is 22.5 Å². The normalized spacial score (nSPS) is 10.9. The van der Waals surface area contributed by atoms with E-state index < -0.39 is 0 Å². The quantitative estimate of drug-likeness (QED) is 0.717. The Morgan fingerprint density at radius 1 is 0.850 bits per heavy atom. The fraction of sp³-hybridized carbons (Fsp3) is 0.167. The van der Waals surface area contributed by atoms with E-state index >= 15 is 0 Å².